The van der Waals surface area contributed by atoms with Crippen molar-refractivity contribution in [1.29, 1.82) is 0 Å². The molecule has 0 bridgehead atoms. The monoisotopic (exact) mass is 368 g/mol. The molecule has 0 atom stereocenters. The van der Waals surface area contributed by atoms with E-state index in [2.05, 4.69) is 10.3 Å². The quantitative estimate of drug-likeness (QED) is 0.748. The first-order valence-corrected chi connectivity index (χ1v) is 8.34. The lowest BCUT2D eigenvalue weighted by Gasteiger charge is -2.14. The van der Waals surface area contributed by atoms with Crippen LogP contribution >= 0.6 is 0 Å². The number of carbonyl (C=O) groups is 1. The van der Waals surface area contributed by atoms with Crippen molar-refractivity contribution in [1.82, 2.24) is 14.1 Å². The van der Waals surface area contributed by atoms with Crippen LogP contribution in [0, 0.1) is 13.8 Å². The van der Waals surface area contributed by atoms with Gasteiger partial charge in [-0.15, -0.1) is 0 Å². The first kappa shape index (κ1) is 18.4. The van der Waals surface area contributed by atoms with Gasteiger partial charge in [0.2, 0.25) is 0 Å². The lowest BCUT2D eigenvalue weighted by molar-refractivity contribution is -0.118. The van der Waals surface area contributed by atoms with Gasteiger partial charge in [0.15, 0.2) is 12.3 Å². The number of benzene rings is 1. The Hall–Kier alpha value is -3.42. The maximum absolute atomic E-state index is 12.6. The molecule has 0 spiro atoms. The number of hydrogen-bond acceptors (Lipinski definition) is 5. The lowest BCUT2D eigenvalue weighted by atomic mass is 10.2. The van der Waals surface area contributed by atoms with Crippen molar-refractivity contribution in [2.45, 2.75) is 13.8 Å². The Morgan fingerprint density at radius 1 is 1.11 bits per heavy atom. The number of carbonyl (C=O) groups excluding carboxylic acids is 1. The van der Waals surface area contributed by atoms with Gasteiger partial charge in [-0.05, 0) is 31.5 Å². The summed E-state index contributed by atoms with van der Waals surface area (Å²) in [5, 5.41) is 2.90. The molecule has 0 saturated heterocycles. The highest BCUT2D eigenvalue weighted by Gasteiger charge is 2.17. The fraction of sp³-hybridized carbons (Fsp3) is 0.263. The van der Waals surface area contributed by atoms with Crippen LogP contribution < -0.4 is 21.3 Å². The zero-order valence-corrected chi connectivity index (χ0v) is 15.6. The normalized spacial score (nSPS) is 10.8. The van der Waals surface area contributed by atoms with E-state index >= 15 is 0 Å². The van der Waals surface area contributed by atoms with Gasteiger partial charge in [0.25, 0.3) is 11.5 Å². The Morgan fingerprint density at radius 3 is 2.44 bits per heavy atom. The molecule has 0 aliphatic heterocycles. The number of pyridine rings is 1. The Balaban J connectivity index is 1.93. The molecule has 0 aliphatic carbocycles. The molecule has 27 heavy (non-hydrogen) atoms. The summed E-state index contributed by atoms with van der Waals surface area (Å²) in [6.45, 7) is 3.48. The summed E-state index contributed by atoms with van der Waals surface area (Å²) in [4.78, 5) is 41.2. The Kier molecular flexibility index (Phi) is 4.81. The number of anilines is 1. The standard InChI is InChI=1S/C19H20N4O4/c1-11-5-7-13(8-6-11)27-10-14(24)21-16-12(2)9-20-17-15(16)18(25)23(4)19(26)22(17)3/h5-9H,10H2,1-4H3,(H,20,21,24). The van der Waals surface area contributed by atoms with Crippen LogP contribution in [0.25, 0.3) is 11.0 Å². The van der Waals surface area contributed by atoms with Gasteiger partial charge in [0.1, 0.15) is 11.1 Å². The predicted octanol–water partition coefficient (Wildman–Crippen LogP) is 1.27. The molecule has 8 heteroatoms. The van der Waals surface area contributed by atoms with Crippen LogP contribution in [0.1, 0.15) is 11.1 Å². The van der Waals surface area contributed by atoms with Crippen LogP contribution in [0.4, 0.5) is 5.69 Å². The van der Waals surface area contributed by atoms with Crippen LogP contribution in [-0.2, 0) is 18.9 Å². The minimum absolute atomic E-state index is 0.184. The summed E-state index contributed by atoms with van der Waals surface area (Å²) in [5.41, 5.74) is 1.24. The third-order valence-corrected chi connectivity index (χ3v) is 4.31. The second kappa shape index (κ2) is 7.06. The number of rotatable bonds is 4. The molecule has 3 aromatic rings. The van der Waals surface area contributed by atoms with Crippen molar-refractivity contribution in [2.24, 2.45) is 14.1 Å². The molecule has 8 nitrogen and oxygen atoms in total. The van der Waals surface area contributed by atoms with E-state index in [9.17, 15) is 14.4 Å². The van der Waals surface area contributed by atoms with E-state index in [4.69, 9.17) is 4.74 Å². The highest BCUT2D eigenvalue weighted by molar-refractivity contribution is 6.01. The minimum Gasteiger partial charge on any atom is -0.484 e. The van der Waals surface area contributed by atoms with E-state index in [-0.39, 0.29) is 17.6 Å². The molecule has 0 fully saturated rings. The number of fused-ring (bicyclic) bond motifs is 1. The van der Waals surface area contributed by atoms with Gasteiger partial charge in [-0.2, -0.15) is 0 Å². The number of hydrogen-bond donors (Lipinski definition) is 1. The fourth-order valence-corrected chi connectivity index (χ4v) is 2.74. The van der Waals surface area contributed by atoms with Crippen LogP contribution in [0.3, 0.4) is 0 Å². The first-order chi connectivity index (χ1) is 12.8. The second-order valence-electron chi connectivity index (χ2n) is 6.37. The topological polar surface area (TPSA) is 95.2 Å². The Labute approximate surface area is 155 Å². The molecular weight excluding hydrogens is 348 g/mol. The van der Waals surface area contributed by atoms with Gasteiger partial charge in [-0.3, -0.25) is 18.7 Å². The fourth-order valence-electron chi connectivity index (χ4n) is 2.74. The van der Waals surface area contributed by atoms with Gasteiger partial charge in [-0.1, -0.05) is 17.7 Å². The van der Waals surface area contributed by atoms with Crippen molar-refractivity contribution in [3.8, 4) is 5.75 Å². The summed E-state index contributed by atoms with van der Waals surface area (Å²) in [6, 6.07) is 7.33. The van der Waals surface area contributed by atoms with E-state index < -0.39 is 17.2 Å². The molecule has 0 unspecified atom stereocenters. The third-order valence-electron chi connectivity index (χ3n) is 4.31. The van der Waals surface area contributed by atoms with Crippen molar-refractivity contribution in [2.75, 3.05) is 11.9 Å². The maximum atomic E-state index is 12.6. The molecule has 2 aromatic heterocycles. The second-order valence-corrected chi connectivity index (χ2v) is 6.37. The largest absolute Gasteiger partial charge is 0.484 e. The number of aryl methyl sites for hydroxylation is 3. The van der Waals surface area contributed by atoms with Crippen molar-refractivity contribution >= 4 is 22.6 Å². The third kappa shape index (κ3) is 3.46. The molecule has 140 valence electrons. The van der Waals surface area contributed by atoms with E-state index in [0.717, 1.165) is 10.1 Å². The minimum atomic E-state index is -0.515. The van der Waals surface area contributed by atoms with Crippen LogP contribution in [0.2, 0.25) is 0 Å². The first-order valence-electron chi connectivity index (χ1n) is 8.34. The van der Waals surface area contributed by atoms with Crippen molar-refractivity contribution in [3.63, 3.8) is 0 Å². The summed E-state index contributed by atoms with van der Waals surface area (Å²) in [7, 11) is 2.91. The number of ether oxygens (including phenoxy) is 1. The zero-order valence-electron chi connectivity index (χ0n) is 15.6. The number of amides is 1. The van der Waals surface area contributed by atoms with Crippen molar-refractivity contribution in [3.05, 3.63) is 62.4 Å². The average molecular weight is 368 g/mol. The van der Waals surface area contributed by atoms with Crippen LogP contribution in [0.15, 0.2) is 40.1 Å². The summed E-state index contributed by atoms with van der Waals surface area (Å²) in [6.07, 6.45) is 1.51. The van der Waals surface area contributed by atoms with Gasteiger partial charge >= 0.3 is 5.69 Å². The van der Waals surface area contributed by atoms with Crippen LogP contribution in [0.5, 0.6) is 5.75 Å². The van der Waals surface area contributed by atoms with E-state index in [1.54, 1.807) is 19.1 Å². The zero-order chi connectivity index (χ0) is 19.7. The molecule has 1 amide bonds. The highest BCUT2D eigenvalue weighted by atomic mass is 16.5. The molecule has 1 aromatic carbocycles. The van der Waals surface area contributed by atoms with Crippen LogP contribution in [-0.4, -0.2) is 26.6 Å². The molecule has 2 heterocycles. The van der Waals surface area contributed by atoms with Gasteiger partial charge in [-0.25, -0.2) is 9.78 Å². The predicted molar refractivity (Wildman–Crippen MR) is 102 cm³/mol. The smallest absolute Gasteiger partial charge is 0.332 e. The van der Waals surface area contributed by atoms with E-state index in [1.165, 1.54) is 24.9 Å². The lowest BCUT2D eigenvalue weighted by Crippen LogP contribution is -2.38. The van der Waals surface area contributed by atoms with Gasteiger partial charge < -0.3 is 10.1 Å². The molecule has 3 rings (SSSR count). The molecule has 1 N–H and O–H groups in total. The summed E-state index contributed by atoms with van der Waals surface area (Å²) in [5.74, 6) is 0.160. The molecule has 0 radical (unpaired) electrons. The summed E-state index contributed by atoms with van der Waals surface area (Å²) >= 11 is 0. The molecule has 0 saturated carbocycles. The SMILES string of the molecule is Cc1ccc(OCC(=O)Nc2c(C)cnc3c2c(=O)n(C)c(=O)n3C)cc1. The highest BCUT2D eigenvalue weighted by Crippen LogP contribution is 2.21. The van der Waals surface area contributed by atoms with Gasteiger partial charge in [0, 0.05) is 20.3 Å². The molecule has 0 aliphatic rings. The average Bonchev–Trinajstić information content (AvgIpc) is 2.65. The molecular formula is C19H20N4O4. The maximum Gasteiger partial charge on any atom is 0.332 e. The Bertz CT molecular complexity index is 1140. The Morgan fingerprint density at radius 2 is 1.78 bits per heavy atom. The van der Waals surface area contributed by atoms with Gasteiger partial charge in [0.05, 0.1) is 5.69 Å². The number of nitrogens with one attached hydrogen (secondary N) is 1. The van der Waals surface area contributed by atoms with Crippen molar-refractivity contribution < 1.29 is 9.53 Å². The van der Waals surface area contributed by atoms with E-state index in [1.807, 2.05) is 19.1 Å². The number of aromatic nitrogens is 3. The summed E-state index contributed by atoms with van der Waals surface area (Å²) < 4.78 is 7.74. The number of nitrogens with zero attached hydrogens (tertiary/aromatic N) is 3. The van der Waals surface area contributed by atoms with E-state index in [0.29, 0.717) is 17.0 Å².